The molecule has 3 N–H and O–H groups in total. The minimum Gasteiger partial charge on any atom is -0.392 e. The van der Waals surface area contributed by atoms with Crippen LogP contribution in [-0.4, -0.2) is 33.6 Å². The number of aliphatic hydroxyl groups is 3. The summed E-state index contributed by atoms with van der Waals surface area (Å²) in [5.41, 5.74) is -0.0893. The van der Waals surface area contributed by atoms with Crippen molar-refractivity contribution < 1.29 is 15.3 Å². The summed E-state index contributed by atoms with van der Waals surface area (Å²) in [7, 11) is 0. The summed E-state index contributed by atoms with van der Waals surface area (Å²) in [6.45, 7) is 8.86. The third-order valence-corrected chi connectivity index (χ3v) is 7.52. The van der Waals surface area contributed by atoms with Gasteiger partial charge in [-0.2, -0.15) is 0 Å². The highest BCUT2D eigenvalue weighted by Gasteiger charge is 2.60. The lowest BCUT2D eigenvalue weighted by Crippen LogP contribution is -2.64. The van der Waals surface area contributed by atoms with E-state index in [9.17, 15) is 15.3 Å². The van der Waals surface area contributed by atoms with Crippen molar-refractivity contribution in [1.29, 1.82) is 0 Å². The molecule has 0 spiro atoms. The Balaban J connectivity index is 2.14. The molecular weight excluding hydrogens is 288 g/mol. The van der Waals surface area contributed by atoms with Gasteiger partial charge in [0, 0.05) is 11.8 Å². The first-order valence-corrected chi connectivity index (χ1v) is 9.54. The maximum atomic E-state index is 11.8. The molecule has 4 bridgehead atoms. The van der Waals surface area contributed by atoms with Gasteiger partial charge in [0.25, 0.3) is 0 Å². The van der Waals surface area contributed by atoms with Crippen LogP contribution in [0.15, 0.2) is 11.6 Å². The van der Waals surface area contributed by atoms with Crippen molar-refractivity contribution in [2.24, 2.45) is 41.4 Å². The van der Waals surface area contributed by atoms with Crippen LogP contribution in [0, 0.1) is 41.4 Å². The van der Waals surface area contributed by atoms with Crippen molar-refractivity contribution in [2.75, 3.05) is 6.61 Å². The van der Waals surface area contributed by atoms with E-state index in [4.69, 9.17) is 0 Å². The molecule has 0 radical (unpaired) electrons. The summed E-state index contributed by atoms with van der Waals surface area (Å²) < 4.78 is 0. The lowest BCUT2D eigenvalue weighted by atomic mass is 9.48. The average molecular weight is 322 g/mol. The van der Waals surface area contributed by atoms with Crippen molar-refractivity contribution in [3.05, 3.63) is 11.6 Å². The molecule has 0 aromatic carbocycles. The fourth-order valence-electron chi connectivity index (χ4n) is 6.18. The molecule has 2 saturated carbocycles. The van der Waals surface area contributed by atoms with Crippen molar-refractivity contribution >= 4 is 0 Å². The highest BCUT2D eigenvalue weighted by molar-refractivity contribution is 5.26. The largest absolute Gasteiger partial charge is 0.392 e. The van der Waals surface area contributed by atoms with Gasteiger partial charge in [0.05, 0.1) is 18.3 Å². The standard InChI is InChI=1S/C20H34O3/c1-11(2)15-7-5-12(3)17-9-14(10-21)19(22)18-16(15)8-6-13(4)20(17,18)23/h9,11-13,15-19,21-23H,5-8,10H2,1-4H3/t12?,13?,15?,16-,17+,18+,19?,20+/m1/s1. The van der Waals surface area contributed by atoms with Crippen molar-refractivity contribution in [1.82, 2.24) is 0 Å². The number of hydrogen-bond acceptors (Lipinski definition) is 3. The van der Waals surface area contributed by atoms with Gasteiger partial charge in [-0.25, -0.2) is 0 Å². The van der Waals surface area contributed by atoms with E-state index in [2.05, 4.69) is 27.7 Å². The molecule has 0 aliphatic heterocycles. The van der Waals surface area contributed by atoms with Gasteiger partial charge in [0.1, 0.15) is 0 Å². The van der Waals surface area contributed by atoms with Crippen LogP contribution in [0.25, 0.3) is 0 Å². The first-order valence-electron chi connectivity index (χ1n) is 9.54. The Bertz CT molecular complexity index is 472. The molecule has 0 saturated heterocycles. The summed E-state index contributed by atoms with van der Waals surface area (Å²) in [4.78, 5) is 0. The Hall–Kier alpha value is -0.380. The van der Waals surface area contributed by atoms with Gasteiger partial charge in [-0.15, -0.1) is 0 Å². The molecule has 3 aliphatic carbocycles. The monoisotopic (exact) mass is 322 g/mol. The van der Waals surface area contributed by atoms with Gasteiger partial charge in [0.2, 0.25) is 0 Å². The normalized spacial score (nSPS) is 50.3. The molecule has 0 amide bonds. The summed E-state index contributed by atoms with van der Waals surface area (Å²) >= 11 is 0. The van der Waals surface area contributed by atoms with E-state index in [1.54, 1.807) is 0 Å². The lowest BCUT2D eigenvalue weighted by molar-refractivity contribution is -0.202. The van der Waals surface area contributed by atoms with Gasteiger partial charge >= 0.3 is 0 Å². The molecule has 0 aromatic heterocycles. The quantitative estimate of drug-likeness (QED) is 0.685. The fourth-order valence-corrected chi connectivity index (χ4v) is 6.18. The predicted molar refractivity (Wildman–Crippen MR) is 91.7 cm³/mol. The third kappa shape index (κ3) is 2.51. The third-order valence-electron chi connectivity index (χ3n) is 7.52. The van der Waals surface area contributed by atoms with Crippen LogP contribution in [-0.2, 0) is 0 Å². The molecule has 23 heavy (non-hydrogen) atoms. The van der Waals surface area contributed by atoms with Gasteiger partial charge < -0.3 is 15.3 Å². The van der Waals surface area contributed by atoms with Crippen LogP contribution >= 0.6 is 0 Å². The second-order valence-corrected chi connectivity index (χ2v) is 8.89. The number of rotatable bonds is 2. The first-order chi connectivity index (χ1) is 10.8. The van der Waals surface area contributed by atoms with E-state index in [-0.39, 0.29) is 24.4 Å². The Morgan fingerprint density at radius 1 is 1.17 bits per heavy atom. The summed E-state index contributed by atoms with van der Waals surface area (Å²) in [6, 6.07) is 0. The van der Waals surface area contributed by atoms with E-state index in [0.717, 1.165) is 24.8 Å². The zero-order valence-electron chi connectivity index (χ0n) is 15.1. The van der Waals surface area contributed by atoms with Crippen LogP contribution in [0.5, 0.6) is 0 Å². The molecule has 3 nitrogen and oxygen atoms in total. The van der Waals surface area contributed by atoms with Crippen molar-refractivity contribution in [3.8, 4) is 0 Å². The van der Waals surface area contributed by atoms with Crippen LogP contribution in [0.4, 0.5) is 0 Å². The zero-order valence-corrected chi connectivity index (χ0v) is 15.1. The van der Waals surface area contributed by atoms with E-state index >= 15 is 0 Å². The van der Waals surface area contributed by atoms with Crippen molar-refractivity contribution in [3.63, 3.8) is 0 Å². The molecule has 3 heteroatoms. The second kappa shape index (κ2) is 6.16. The van der Waals surface area contributed by atoms with E-state index < -0.39 is 11.7 Å². The van der Waals surface area contributed by atoms with E-state index in [1.807, 2.05) is 6.08 Å². The average Bonchev–Trinajstić information content (AvgIpc) is 2.49. The minimum absolute atomic E-state index is 0.0592. The van der Waals surface area contributed by atoms with Crippen LogP contribution < -0.4 is 0 Å². The summed E-state index contributed by atoms with van der Waals surface area (Å²) in [5.74, 6) is 2.00. The molecular formula is C20H34O3. The molecule has 8 atom stereocenters. The molecule has 3 aliphatic rings. The molecule has 0 heterocycles. The Morgan fingerprint density at radius 3 is 2.48 bits per heavy atom. The SMILES string of the molecule is CC(C)C1CCC(C)[C@@H]2C=C(CO)C(O)[C@@H]3[C@@H]1CCC(C)[C@@]32O. The van der Waals surface area contributed by atoms with Crippen LogP contribution in [0.3, 0.4) is 0 Å². The molecule has 0 aromatic rings. The Morgan fingerprint density at radius 2 is 1.87 bits per heavy atom. The van der Waals surface area contributed by atoms with Gasteiger partial charge in [-0.05, 0) is 60.8 Å². The molecule has 2 fully saturated rings. The van der Waals surface area contributed by atoms with Gasteiger partial charge in [-0.3, -0.25) is 0 Å². The van der Waals surface area contributed by atoms with E-state index in [1.165, 1.54) is 6.42 Å². The maximum Gasteiger partial charge on any atom is 0.0831 e. The summed E-state index contributed by atoms with van der Waals surface area (Å²) in [5, 5.41) is 32.5. The Labute approximate surface area is 140 Å². The first kappa shape index (κ1) is 17.4. The predicted octanol–water partition coefficient (Wildman–Crippen LogP) is 2.99. The topological polar surface area (TPSA) is 60.7 Å². The van der Waals surface area contributed by atoms with Crippen molar-refractivity contribution in [2.45, 2.75) is 65.1 Å². The minimum atomic E-state index is -0.825. The number of hydrogen-bond donors (Lipinski definition) is 3. The highest BCUT2D eigenvalue weighted by Crippen LogP contribution is 2.58. The lowest BCUT2D eigenvalue weighted by Gasteiger charge is -2.60. The second-order valence-electron chi connectivity index (χ2n) is 8.89. The summed E-state index contributed by atoms with van der Waals surface area (Å²) in [6.07, 6.45) is 5.76. The molecule has 132 valence electrons. The number of aliphatic hydroxyl groups excluding tert-OH is 2. The maximum absolute atomic E-state index is 11.8. The Kier molecular flexibility index (Phi) is 4.67. The van der Waals surface area contributed by atoms with Crippen LogP contribution in [0.1, 0.15) is 53.4 Å². The molecule has 4 unspecified atom stereocenters. The molecule has 3 rings (SSSR count). The van der Waals surface area contributed by atoms with E-state index in [0.29, 0.717) is 23.7 Å². The van der Waals surface area contributed by atoms with Gasteiger partial charge in [0.15, 0.2) is 0 Å². The fraction of sp³-hybridized carbons (Fsp3) is 0.900. The van der Waals surface area contributed by atoms with Crippen LogP contribution in [0.2, 0.25) is 0 Å². The zero-order chi connectivity index (χ0) is 16.9. The van der Waals surface area contributed by atoms with Gasteiger partial charge in [-0.1, -0.05) is 33.8 Å². The highest BCUT2D eigenvalue weighted by atomic mass is 16.3. The smallest absolute Gasteiger partial charge is 0.0831 e.